The van der Waals surface area contributed by atoms with Crippen LogP contribution in [0.3, 0.4) is 0 Å². The molecular weight excluding hydrogens is 534 g/mol. The molecule has 37 heavy (non-hydrogen) atoms. The molecule has 7 nitrogen and oxygen atoms in total. The summed E-state index contributed by atoms with van der Waals surface area (Å²) >= 11 is 3.43. The maximum absolute atomic E-state index is 13.4. The largest absolute Gasteiger partial charge is 0.465 e. The van der Waals surface area contributed by atoms with Crippen molar-refractivity contribution in [2.45, 2.75) is 57.5 Å². The second-order valence-electron chi connectivity index (χ2n) is 9.89. The smallest absolute Gasteiger partial charge is 0.404 e. The number of ether oxygens (including phenoxy) is 1. The van der Waals surface area contributed by atoms with Gasteiger partial charge < -0.3 is 24.6 Å². The number of aryl methyl sites for hydroxylation is 2. The summed E-state index contributed by atoms with van der Waals surface area (Å²) in [6.45, 7) is 5.13. The first-order valence-electron chi connectivity index (χ1n) is 13.0. The van der Waals surface area contributed by atoms with E-state index in [0.29, 0.717) is 26.1 Å². The number of likely N-dealkylation sites (tertiary alicyclic amines) is 1. The van der Waals surface area contributed by atoms with Crippen molar-refractivity contribution in [1.29, 1.82) is 0 Å². The highest BCUT2D eigenvalue weighted by atomic mass is 79.9. The molecule has 0 radical (unpaired) electrons. The second kappa shape index (κ2) is 12.6. The fourth-order valence-corrected chi connectivity index (χ4v) is 5.92. The van der Waals surface area contributed by atoms with Gasteiger partial charge in [0.2, 0.25) is 5.91 Å². The van der Waals surface area contributed by atoms with E-state index in [1.807, 2.05) is 29.2 Å². The number of carbonyl (C=O) groups is 2. The van der Waals surface area contributed by atoms with Crippen molar-refractivity contribution >= 4 is 38.8 Å². The first kappa shape index (κ1) is 27.2. The number of fused-ring (bicyclic) bond motifs is 1. The number of benzene rings is 2. The molecular formula is C29H36BrN3O4. The van der Waals surface area contributed by atoms with E-state index in [-0.39, 0.29) is 18.2 Å². The zero-order chi connectivity index (χ0) is 26.4. The summed E-state index contributed by atoms with van der Waals surface area (Å²) in [6.07, 6.45) is 2.39. The van der Waals surface area contributed by atoms with Crippen LogP contribution in [0.1, 0.15) is 48.4 Å². The summed E-state index contributed by atoms with van der Waals surface area (Å²) in [6, 6.07) is 15.8. The monoisotopic (exact) mass is 569 g/mol. The first-order chi connectivity index (χ1) is 17.9. The van der Waals surface area contributed by atoms with Crippen molar-refractivity contribution in [1.82, 2.24) is 14.8 Å². The van der Waals surface area contributed by atoms with Gasteiger partial charge in [-0.2, -0.15) is 0 Å². The Kier molecular flexibility index (Phi) is 9.27. The first-order valence-corrected chi connectivity index (χ1v) is 13.7. The van der Waals surface area contributed by atoms with Crippen molar-refractivity contribution in [3.05, 3.63) is 69.8 Å². The molecule has 0 bridgehead atoms. The molecule has 0 aliphatic carbocycles. The molecule has 3 aromatic rings. The van der Waals surface area contributed by atoms with Gasteiger partial charge in [-0.15, -0.1) is 0 Å². The lowest BCUT2D eigenvalue weighted by atomic mass is 9.91. The van der Waals surface area contributed by atoms with Gasteiger partial charge in [-0.25, -0.2) is 4.79 Å². The van der Waals surface area contributed by atoms with E-state index >= 15 is 0 Å². The van der Waals surface area contributed by atoms with E-state index in [2.05, 4.69) is 57.0 Å². The highest BCUT2D eigenvalue weighted by molar-refractivity contribution is 9.10. The quantitative estimate of drug-likeness (QED) is 0.306. The lowest BCUT2D eigenvalue weighted by molar-refractivity contribution is -0.132. The number of hydrogen-bond acceptors (Lipinski definition) is 3. The molecule has 0 spiro atoms. The van der Waals surface area contributed by atoms with Crippen LogP contribution in [0.15, 0.2) is 53.0 Å². The Morgan fingerprint density at radius 1 is 1.19 bits per heavy atom. The van der Waals surface area contributed by atoms with Crippen LogP contribution in [0.2, 0.25) is 0 Å². The van der Waals surface area contributed by atoms with Gasteiger partial charge >= 0.3 is 6.09 Å². The number of halogens is 1. The summed E-state index contributed by atoms with van der Waals surface area (Å²) in [7, 11) is 1.73. The number of aromatic nitrogens is 1. The molecule has 1 unspecified atom stereocenters. The number of piperidine rings is 1. The van der Waals surface area contributed by atoms with Gasteiger partial charge in [-0.3, -0.25) is 4.79 Å². The highest BCUT2D eigenvalue weighted by Crippen LogP contribution is 2.36. The lowest BCUT2D eigenvalue weighted by Crippen LogP contribution is -2.44. The molecule has 1 aliphatic rings. The normalized spacial score (nSPS) is 16.6. The fourth-order valence-electron chi connectivity index (χ4n) is 5.65. The number of carboxylic acid groups (broad SMARTS) is 1. The third kappa shape index (κ3) is 6.73. The lowest BCUT2D eigenvalue weighted by Gasteiger charge is -2.35. The standard InChI is InChI=1S/C29H36BrN3O4/c1-20-25-8-3-4-9-26(25)33(15-6-16-37-2)28(20)22-7-5-14-32(19-22)27(34)18-24(31-29(35)36)17-21-10-12-23(30)13-11-21/h3-4,8-13,22,24,31H,5-7,14-19H2,1-2H3,(H,35,36)/t22?,24-/m1/s1. The second-order valence-corrected chi connectivity index (χ2v) is 10.8. The van der Waals surface area contributed by atoms with E-state index in [9.17, 15) is 14.7 Å². The maximum Gasteiger partial charge on any atom is 0.404 e. The summed E-state index contributed by atoms with van der Waals surface area (Å²) < 4.78 is 8.70. The number of hydrogen-bond donors (Lipinski definition) is 2. The third-order valence-electron chi connectivity index (χ3n) is 7.31. The van der Waals surface area contributed by atoms with Crippen LogP contribution >= 0.6 is 15.9 Å². The van der Waals surface area contributed by atoms with Crippen molar-refractivity contribution in [2.24, 2.45) is 0 Å². The van der Waals surface area contributed by atoms with Crippen LogP contribution in [-0.4, -0.2) is 59.4 Å². The summed E-state index contributed by atoms with van der Waals surface area (Å²) in [5, 5.41) is 13.2. The summed E-state index contributed by atoms with van der Waals surface area (Å²) in [4.78, 5) is 26.8. The van der Waals surface area contributed by atoms with E-state index in [0.717, 1.165) is 35.8 Å². The van der Waals surface area contributed by atoms with Crippen LogP contribution in [-0.2, 0) is 22.5 Å². The van der Waals surface area contributed by atoms with E-state index in [1.165, 1.54) is 22.2 Å². The molecule has 2 N–H and O–H groups in total. The number of nitrogens with one attached hydrogen (secondary N) is 1. The Labute approximate surface area is 226 Å². The number of nitrogens with zero attached hydrogens (tertiary/aromatic N) is 2. The molecule has 2 heterocycles. The number of para-hydroxylation sites is 1. The molecule has 2 amide bonds. The fraction of sp³-hybridized carbons (Fsp3) is 0.448. The molecule has 0 saturated carbocycles. The number of rotatable bonds is 10. The van der Waals surface area contributed by atoms with Crippen LogP contribution < -0.4 is 5.32 Å². The SMILES string of the molecule is COCCCn1c(C2CCCN(C(=O)C[C@@H](Cc3ccc(Br)cc3)NC(=O)O)C2)c(C)c2ccccc21. The van der Waals surface area contributed by atoms with Gasteiger partial charge in [0.05, 0.1) is 0 Å². The van der Waals surface area contributed by atoms with Gasteiger partial charge in [0.15, 0.2) is 0 Å². The third-order valence-corrected chi connectivity index (χ3v) is 7.84. The van der Waals surface area contributed by atoms with E-state index < -0.39 is 12.1 Å². The zero-order valence-electron chi connectivity index (χ0n) is 21.6. The average Bonchev–Trinajstić information content (AvgIpc) is 3.17. The molecule has 198 valence electrons. The van der Waals surface area contributed by atoms with Crippen molar-refractivity contribution in [3.8, 4) is 0 Å². The Morgan fingerprint density at radius 3 is 2.68 bits per heavy atom. The molecule has 4 rings (SSSR count). The Morgan fingerprint density at radius 2 is 1.95 bits per heavy atom. The molecule has 2 aromatic carbocycles. The Bertz CT molecular complexity index is 1220. The molecule has 1 saturated heterocycles. The summed E-state index contributed by atoms with van der Waals surface area (Å²) in [5.41, 5.74) is 4.81. The average molecular weight is 571 g/mol. The molecule has 1 fully saturated rings. The molecule has 2 atom stereocenters. The summed E-state index contributed by atoms with van der Waals surface area (Å²) in [5.74, 6) is 0.241. The van der Waals surface area contributed by atoms with Gasteiger partial charge in [-0.05, 0) is 61.9 Å². The Hall–Kier alpha value is -2.84. The predicted octanol–water partition coefficient (Wildman–Crippen LogP) is 5.72. The van der Waals surface area contributed by atoms with Crippen molar-refractivity contribution in [2.75, 3.05) is 26.8 Å². The number of carbonyl (C=O) groups excluding carboxylic acids is 1. The Balaban J connectivity index is 1.51. The predicted molar refractivity (Wildman–Crippen MR) is 149 cm³/mol. The maximum atomic E-state index is 13.4. The minimum Gasteiger partial charge on any atom is -0.465 e. The van der Waals surface area contributed by atoms with Crippen molar-refractivity contribution < 1.29 is 19.4 Å². The number of amides is 2. The van der Waals surface area contributed by atoms with Gasteiger partial charge in [0.25, 0.3) is 0 Å². The molecule has 1 aromatic heterocycles. The van der Waals surface area contributed by atoms with Crippen LogP contribution in [0, 0.1) is 6.92 Å². The van der Waals surface area contributed by atoms with E-state index in [4.69, 9.17) is 4.74 Å². The van der Waals surface area contributed by atoms with Crippen molar-refractivity contribution in [3.63, 3.8) is 0 Å². The minimum atomic E-state index is -1.11. The van der Waals surface area contributed by atoms with Crippen LogP contribution in [0.5, 0.6) is 0 Å². The van der Waals surface area contributed by atoms with Crippen LogP contribution in [0.25, 0.3) is 10.9 Å². The van der Waals surface area contributed by atoms with Gasteiger partial charge in [0, 0.05) is 72.8 Å². The molecule has 8 heteroatoms. The van der Waals surface area contributed by atoms with Gasteiger partial charge in [0.1, 0.15) is 0 Å². The van der Waals surface area contributed by atoms with E-state index in [1.54, 1.807) is 7.11 Å². The number of methoxy groups -OCH3 is 1. The van der Waals surface area contributed by atoms with Gasteiger partial charge in [-0.1, -0.05) is 46.3 Å². The van der Waals surface area contributed by atoms with Crippen LogP contribution in [0.4, 0.5) is 4.79 Å². The highest BCUT2D eigenvalue weighted by Gasteiger charge is 2.30. The zero-order valence-corrected chi connectivity index (χ0v) is 23.2. The molecule has 1 aliphatic heterocycles. The minimum absolute atomic E-state index is 0.000240. The topological polar surface area (TPSA) is 83.8 Å².